The van der Waals surface area contributed by atoms with Crippen LogP contribution in [0.3, 0.4) is 0 Å². The quantitative estimate of drug-likeness (QED) is 0.299. The predicted molar refractivity (Wildman–Crippen MR) is 65.3 cm³/mol. The van der Waals surface area contributed by atoms with Crippen LogP contribution in [0.2, 0.25) is 0 Å². The average molecular weight is 324 g/mol. The number of hydrogen-bond acceptors (Lipinski definition) is 10. The molecule has 10 nitrogen and oxygen atoms in total. The summed E-state index contributed by atoms with van der Waals surface area (Å²) in [5, 5.41) is 58.0. The first kappa shape index (κ1) is 16.5. The molecule has 0 bridgehead atoms. The van der Waals surface area contributed by atoms with Crippen molar-refractivity contribution >= 4 is 0 Å². The summed E-state index contributed by atoms with van der Waals surface area (Å²) in [6.45, 7) is -2.12. The fourth-order valence-corrected chi connectivity index (χ4v) is 3.13. The Hall–Kier alpha value is -0.400. The lowest BCUT2D eigenvalue weighted by atomic mass is 9.99. The Kier molecular flexibility index (Phi) is 4.19. The lowest BCUT2D eigenvalue weighted by molar-refractivity contribution is -0.411. The molecule has 8 atom stereocenters. The van der Waals surface area contributed by atoms with Gasteiger partial charge in [0.25, 0.3) is 0 Å². The van der Waals surface area contributed by atoms with Crippen molar-refractivity contribution in [1.29, 1.82) is 0 Å². The van der Waals surface area contributed by atoms with E-state index in [1.807, 2.05) is 0 Å². The van der Waals surface area contributed by atoms with Crippen LogP contribution in [0.5, 0.6) is 0 Å². The molecule has 0 aromatic rings. The summed E-state index contributed by atoms with van der Waals surface area (Å²) < 4.78 is 21.7. The molecule has 128 valence electrons. The molecule has 6 N–H and O–H groups in total. The van der Waals surface area contributed by atoms with Gasteiger partial charge in [-0.25, -0.2) is 0 Å². The number of fused-ring (bicyclic) bond motifs is 1. The van der Waals surface area contributed by atoms with Crippen molar-refractivity contribution in [1.82, 2.24) is 0 Å². The monoisotopic (exact) mass is 324 g/mol. The highest BCUT2D eigenvalue weighted by Gasteiger charge is 2.67. The second kappa shape index (κ2) is 5.60. The van der Waals surface area contributed by atoms with Gasteiger partial charge in [-0.2, -0.15) is 0 Å². The van der Waals surface area contributed by atoms with E-state index < -0.39 is 74.6 Å². The van der Waals surface area contributed by atoms with Crippen molar-refractivity contribution in [2.24, 2.45) is 0 Å². The highest BCUT2D eigenvalue weighted by atomic mass is 16.8. The summed E-state index contributed by atoms with van der Waals surface area (Å²) in [6.07, 6.45) is -7.62. The van der Waals surface area contributed by atoms with Gasteiger partial charge < -0.3 is 49.6 Å². The molecule has 3 aliphatic heterocycles. The number of aliphatic hydroxyl groups is 6. The van der Waals surface area contributed by atoms with Crippen LogP contribution in [0.4, 0.5) is 0 Å². The van der Waals surface area contributed by atoms with E-state index in [2.05, 4.69) is 0 Å². The Morgan fingerprint density at radius 1 is 0.864 bits per heavy atom. The van der Waals surface area contributed by atoms with Crippen LogP contribution in [0, 0.1) is 0 Å². The number of aliphatic hydroxyl groups excluding tert-OH is 6. The summed E-state index contributed by atoms with van der Waals surface area (Å²) >= 11 is 0. The molecule has 3 rings (SSSR count). The molecule has 0 saturated carbocycles. The van der Waals surface area contributed by atoms with E-state index in [1.165, 1.54) is 0 Å². The zero-order valence-electron chi connectivity index (χ0n) is 11.6. The van der Waals surface area contributed by atoms with Gasteiger partial charge in [0.1, 0.15) is 49.8 Å². The smallest absolute Gasteiger partial charge is 0.222 e. The molecule has 0 aliphatic carbocycles. The minimum atomic E-state index is -1.80. The van der Waals surface area contributed by atoms with E-state index in [0.29, 0.717) is 0 Å². The van der Waals surface area contributed by atoms with Crippen LogP contribution >= 0.6 is 0 Å². The first-order valence-electron chi connectivity index (χ1n) is 6.97. The highest BCUT2D eigenvalue weighted by molar-refractivity contribution is 5.06. The van der Waals surface area contributed by atoms with Crippen LogP contribution in [0.15, 0.2) is 0 Å². The van der Waals surface area contributed by atoms with Crippen LogP contribution in [-0.2, 0) is 18.9 Å². The SMILES string of the molecule is OCC1O[C@@]2(CO[C@]3(CO)OC(CO)C(O)C3O2)C(O)C1O. The maximum Gasteiger partial charge on any atom is 0.222 e. The molecule has 0 aromatic heterocycles. The van der Waals surface area contributed by atoms with Crippen molar-refractivity contribution < 1.29 is 49.6 Å². The second-order valence-corrected chi connectivity index (χ2v) is 5.71. The Morgan fingerprint density at radius 2 is 1.50 bits per heavy atom. The Balaban J connectivity index is 1.86. The van der Waals surface area contributed by atoms with Crippen LogP contribution in [-0.4, -0.2) is 105 Å². The molecule has 3 heterocycles. The lowest BCUT2D eigenvalue weighted by Gasteiger charge is -2.46. The minimum Gasteiger partial charge on any atom is -0.394 e. The van der Waals surface area contributed by atoms with Gasteiger partial charge in [0.05, 0.1) is 13.2 Å². The molecular formula is C12H20O10. The molecule has 3 fully saturated rings. The van der Waals surface area contributed by atoms with E-state index in [0.717, 1.165) is 0 Å². The molecule has 1 spiro atoms. The van der Waals surface area contributed by atoms with Gasteiger partial charge in [0.2, 0.25) is 11.6 Å². The average Bonchev–Trinajstić information content (AvgIpc) is 2.95. The van der Waals surface area contributed by atoms with Crippen LogP contribution < -0.4 is 0 Å². The molecule has 3 aliphatic rings. The molecule has 0 radical (unpaired) electrons. The van der Waals surface area contributed by atoms with E-state index >= 15 is 0 Å². The summed E-state index contributed by atoms with van der Waals surface area (Å²) in [5.41, 5.74) is 0. The van der Waals surface area contributed by atoms with Gasteiger partial charge >= 0.3 is 0 Å². The Labute approximate surface area is 125 Å². The molecule has 0 aromatic carbocycles. The standard InChI is InChI=1S/C12H20O10/c13-1-5-7(16)9(18)12(21-5)4-19-11(3-15)10(22-12)8(17)6(2-14)20-11/h5-10,13-18H,1-4H2/t5?,6?,7?,8?,9?,10?,11-,12-/m1/s1. The third-order valence-corrected chi connectivity index (χ3v) is 4.41. The van der Waals surface area contributed by atoms with E-state index in [9.17, 15) is 25.5 Å². The van der Waals surface area contributed by atoms with Crippen LogP contribution in [0.1, 0.15) is 0 Å². The fourth-order valence-electron chi connectivity index (χ4n) is 3.13. The van der Waals surface area contributed by atoms with Crippen molar-refractivity contribution in [3.8, 4) is 0 Å². The van der Waals surface area contributed by atoms with E-state index in [-0.39, 0.29) is 0 Å². The van der Waals surface area contributed by atoms with Gasteiger partial charge in [-0.3, -0.25) is 0 Å². The second-order valence-electron chi connectivity index (χ2n) is 5.71. The van der Waals surface area contributed by atoms with Crippen molar-refractivity contribution in [3.05, 3.63) is 0 Å². The summed E-state index contributed by atoms with van der Waals surface area (Å²) in [6, 6.07) is 0. The third-order valence-electron chi connectivity index (χ3n) is 4.41. The van der Waals surface area contributed by atoms with Gasteiger partial charge in [-0.15, -0.1) is 0 Å². The molecule has 22 heavy (non-hydrogen) atoms. The van der Waals surface area contributed by atoms with Gasteiger partial charge in [-0.05, 0) is 0 Å². The normalized spacial score (nSPS) is 54.8. The summed E-state index contributed by atoms with van der Waals surface area (Å²) in [5.74, 6) is -3.49. The molecule has 6 unspecified atom stereocenters. The zero-order chi connectivity index (χ0) is 16.1. The predicted octanol–water partition coefficient (Wildman–Crippen LogP) is -4.35. The first-order chi connectivity index (χ1) is 10.4. The van der Waals surface area contributed by atoms with Gasteiger partial charge in [-0.1, -0.05) is 0 Å². The maximum absolute atomic E-state index is 10.1. The molecule has 3 saturated heterocycles. The number of rotatable bonds is 3. The van der Waals surface area contributed by atoms with Crippen molar-refractivity contribution in [2.45, 2.75) is 48.2 Å². The fraction of sp³-hybridized carbons (Fsp3) is 1.00. The summed E-state index contributed by atoms with van der Waals surface area (Å²) in [7, 11) is 0. The van der Waals surface area contributed by atoms with Gasteiger partial charge in [0.15, 0.2) is 0 Å². The Bertz CT molecular complexity index is 421. The zero-order valence-corrected chi connectivity index (χ0v) is 11.6. The largest absolute Gasteiger partial charge is 0.394 e. The molecule has 0 amide bonds. The molecule has 10 heteroatoms. The van der Waals surface area contributed by atoms with Gasteiger partial charge in [0, 0.05) is 0 Å². The topological polar surface area (TPSA) is 158 Å². The summed E-state index contributed by atoms with van der Waals surface area (Å²) in [4.78, 5) is 0. The minimum absolute atomic E-state index is 0.399. The molecular weight excluding hydrogens is 304 g/mol. The van der Waals surface area contributed by atoms with Crippen LogP contribution in [0.25, 0.3) is 0 Å². The third kappa shape index (κ3) is 2.12. The van der Waals surface area contributed by atoms with Crippen molar-refractivity contribution in [2.75, 3.05) is 26.4 Å². The Morgan fingerprint density at radius 3 is 2.05 bits per heavy atom. The lowest BCUT2D eigenvalue weighted by Crippen LogP contribution is -2.65. The van der Waals surface area contributed by atoms with E-state index in [1.54, 1.807) is 0 Å². The number of hydrogen-bond donors (Lipinski definition) is 6. The first-order valence-corrected chi connectivity index (χ1v) is 6.97. The highest BCUT2D eigenvalue weighted by Crippen LogP contribution is 2.45. The van der Waals surface area contributed by atoms with Crippen molar-refractivity contribution in [3.63, 3.8) is 0 Å². The van der Waals surface area contributed by atoms with E-state index in [4.69, 9.17) is 24.1 Å². The maximum atomic E-state index is 10.1. The number of ether oxygens (including phenoxy) is 4.